The van der Waals surface area contributed by atoms with Crippen molar-refractivity contribution in [2.75, 3.05) is 11.1 Å². The highest BCUT2D eigenvalue weighted by atomic mass is 16.2. The van der Waals surface area contributed by atoms with Gasteiger partial charge in [0.15, 0.2) is 0 Å². The number of hydrogen-bond acceptors (Lipinski definition) is 5. The van der Waals surface area contributed by atoms with Crippen LogP contribution in [0.1, 0.15) is 32.1 Å². The molecule has 0 radical (unpaired) electrons. The van der Waals surface area contributed by atoms with Gasteiger partial charge in [-0.15, -0.1) is 0 Å². The van der Waals surface area contributed by atoms with Crippen molar-refractivity contribution in [3.05, 3.63) is 6.33 Å². The molecule has 1 fully saturated rings. The minimum atomic E-state index is -0.00898. The Morgan fingerprint density at radius 1 is 1.31 bits per heavy atom. The Morgan fingerprint density at radius 3 is 2.75 bits per heavy atom. The summed E-state index contributed by atoms with van der Waals surface area (Å²) in [5.74, 6) is 0.439. The predicted molar refractivity (Wildman–Crippen MR) is 59.4 cm³/mol. The van der Waals surface area contributed by atoms with Crippen molar-refractivity contribution in [1.82, 2.24) is 15.0 Å². The third-order valence-electron chi connectivity index (χ3n) is 2.80. The highest BCUT2D eigenvalue weighted by Gasteiger charge is 2.21. The van der Waals surface area contributed by atoms with E-state index in [0.29, 0.717) is 0 Å². The number of aromatic nitrogens is 3. The molecule has 0 saturated heterocycles. The maximum absolute atomic E-state index is 11.8. The highest BCUT2D eigenvalue weighted by Crippen LogP contribution is 2.24. The van der Waals surface area contributed by atoms with Crippen molar-refractivity contribution >= 4 is 17.8 Å². The quantitative estimate of drug-likeness (QED) is 0.776. The summed E-state index contributed by atoms with van der Waals surface area (Å²) in [7, 11) is 0. The molecule has 1 amide bonds. The molecule has 3 N–H and O–H groups in total. The molecular weight excluding hydrogens is 206 g/mol. The van der Waals surface area contributed by atoms with Crippen LogP contribution in [0.2, 0.25) is 0 Å². The van der Waals surface area contributed by atoms with Crippen LogP contribution in [0.15, 0.2) is 6.33 Å². The van der Waals surface area contributed by atoms with Crippen LogP contribution >= 0.6 is 0 Å². The smallest absolute Gasteiger partial charge is 0.234 e. The van der Waals surface area contributed by atoms with Crippen LogP contribution in [0, 0.1) is 5.92 Å². The van der Waals surface area contributed by atoms with E-state index < -0.39 is 0 Å². The van der Waals surface area contributed by atoms with Crippen molar-refractivity contribution in [3.8, 4) is 0 Å². The fraction of sp³-hybridized carbons (Fsp3) is 0.600. The Labute approximate surface area is 93.7 Å². The van der Waals surface area contributed by atoms with Gasteiger partial charge in [0, 0.05) is 5.92 Å². The lowest BCUT2D eigenvalue weighted by atomic mass is 9.89. The molecule has 1 heterocycles. The fourth-order valence-corrected chi connectivity index (χ4v) is 1.95. The number of rotatable bonds is 2. The van der Waals surface area contributed by atoms with Gasteiger partial charge in [0.2, 0.25) is 17.8 Å². The normalized spacial score (nSPS) is 17.0. The van der Waals surface area contributed by atoms with Gasteiger partial charge < -0.3 is 5.73 Å². The molecule has 86 valence electrons. The van der Waals surface area contributed by atoms with E-state index in [1.54, 1.807) is 0 Å². The summed E-state index contributed by atoms with van der Waals surface area (Å²) in [5.41, 5.74) is 5.40. The van der Waals surface area contributed by atoms with Crippen LogP contribution in [0.25, 0.3) is 0 Å². The molecular formula is C10H15N5O. The number of amides is 1. The molecule has 0 atom stereocenters. The number of anilines is 2. The highest BCUT2D eigenvalue weighted by molar-refractivity contribution is 5.90. The number of nitrogens with two attached hydrogens (primary N) is 1. The number of nitrogens with zero attached hydrogens (tertiary/aromatic N) is 3. The second-order valence-electron chi connectivity index (χ2n) is 3.99. The Hall–Kier alpha value is -1.72. The summed E-state index contributed by atoms with van der Waals surface area (Å²) >= 11 is 0. The molecule has 1 aliphatic rings. The summed E-state index contributed by atoms with van der Waals surface area (Å²) in [6.07, 6.45) is 6.66. The van der Waals surface area contributed by atoms with E-state index in [0.717, 1.165) is 25.7 Å². The van der Waals surface area contributed by atoms with Crippen LogP contribution < -0.4 is 11.1 Å². The number of carbonyl (C=O) groups is 1. The summed E-state index contributed by atoms with van der Waals surface area (Å²) in [6.45, 7) is 0. The van der Waals surface area contributed by atoms with Crippen molar-refractivity contribution in [2.45, 2.75) is 32.1 Å². The molecule has 6 heteroatoms. The van der Waals surface area contributed by atoms with Crippen molar-refractivity contribution in [2.24, 2.45) is 5.92 Å². The molecule has 0 bridgehead atoms. The van der Waals surface area contributed by atoms with Crippen molar-refractivity contribution < 1.29 is 4.79 Å². The van der Waals surface area contributed by atoms with E-state index >= 15 is 0 Å². The molecule has 0 aromatic carbocycles. The third-order valence-corrected chi connectivity index (χ3v) is 2.80. The van der Waals surface area contributed by atoms with Crippen molar-refractivity contribution in [3.63, 3.8) is 0 Å². The average Bonchev–Trinajstić information content (AvgIpc) is 2.30. The zero-order valence-electron chi connectivity index (χ0n) is 9.02. The van der Waals surface area contributed by atoms with Crippen LogP contribution in [0.4, 0.5) is 11.9 Å². The molecule has 1 aromatic rings. The first-order valence-electron chi connectivity index (χ1n) is 5.51. The van der Waals surface area contributed by atoms with Crippen LogP contribution in [-0.4, -0.2) is 20.9 Å². The first-order valence-corrected chi connectivity index (χ1v) is 5.51. The van der Waals surface area contributed by atoms with Gasteiger partial charge in [0.25, 0.3) is 0 Å². The molecule has 1 saturated carbocycles. The zero-order chi connectivity index (χ0) is 11.4. The number of hydrogen-bond donors (Lipinski definition) is 2. The summed E-state index contributed by atoms with van der Waals surface area (Å²) < 4.78 is 0. The van der Waals surface area contributed by atoms with Gasteiger partial charge >= 0.3 is 0 Å². The standard InChI is InChI=1S/C10H15N5O/c11-9-12-6-13-10(15-9)14-8(16)7-4-2-1-3-5-7/h6-7H,1-5H2,(H3,11,12,13,14,15,16). The van der Waals surface area contributed by atoms with E-state index in [1.165, 1.54) is 12.7 Å². The van der Waals surface area contributed by atoms with Gasteiger partial charge in [0.1, 0.15) is 6.33 Å². The SMILES string of the molecule is Nc1ncnc(NC(=O)C2CCCCC2)n1. The van der Waals surface area contributed by atoms with Gasteiger partial charge in [-0.1, -0.05) is 19.3 Å². The summed E-state index contributed by atoms with van der Waals surface area (Å²) in [6, 6.07) is 0. The molecule has 1 aliphatic carbocycles. The van der Waals surface area contributed by atoms with E-state index in [1.807, 2.05) is 0 Å². The lowest BCUT2D eigenvalue weighted by Crippen LogP contribution is -2.25. The second kappa shape index (κ2) is 4.87. The Balaban J connectivity index is 1.96. The zero-order valence-corrected chi connectivity index (χ0v) is 9.02. The first-order chi connectivity index (χ1) is 7.75. The lowest BCUT2D eigenvalue weighted by molar-refractivity contribution is -0.120. The van der Waals surface area contributed by atoms with Crippen LogP contribution in [0.5, 0.6) is 0 Å². The molecule has 16 heavy (non-hydrogen) atoms. The molecule has 0 aliphatic heterocycles. The fourth-order valence-electron chi connectivity index (χ4n) is 1.95. The maximum atomic E-state index is 11.8. The molecule has 1 aromatic heterocycles. The van der Waals surface area contributed by atoms with Gasteiger partial charge in [-0.05, 0) is 12.8 Å². The number of nitrogen functional groups attached to an aromatic ring is 1. The largest absolute Gasteiger partial charge is 0.368 e. The minimum absolute atomic E-state index is 0.00898. The molecule has 2 rings (SSSR count). The topological polar surface area (TPSA) is 93.8 Å². The van der Waals surface area contributed by atoms with E-state index in [4.69, 9.17) is 5.73 Å². The van der Waals surface area contributed by atoms with Crippen molar-refractivity contribution in [1.29, 1.82) is 0 Å². The van der Waals surface area contributed by atoms with E-state index in [-0.39, 0.29) is 23.7 Å². The maximum Gasteiger partial charge on any atom is 0.234 e. The Bertz CT molecular complexity index is 375. The molecule has 0 spiro atoms. The number of nitrogens with one attached hydrogen (secondary N) is 1. The first kappa shape index (κ1) is 10.8. The Kier molecular flexibility index (Phi) is 3.28. The second-order valence-corrected chi connectivity index (χ2v) is 3.99. The average molecular weight is 221 g/mol. The molecule has 6 nitrogen and oxygen atoms in total. The van der Waals surface area contributed by atoms with Crippen LogP contribution in [-0.2, 0) is 4.79 Å². The van der Waals surface area contributed by atoms with Gasteiger partial charge in [-0.3, -0.25) is 10.1 Å². The van der Waals surface area contributed by atoms with Gasteiger partial charge in [-0.25, -0.2) is 9.97 Å². The van der Waals surface area contributed by atoms with Gasteiger partial charge in [0.05, 0.1) is 0 Å². The molecule has 0 unspecified atom stereocenters. The monoisotopic (exact) mass is 221 g/mol. The third kappa shape index (κ3) is 2.65. The summed E-state index contributed by atoms with van der Waals surface area (Å²) in [4.78, 5) is 23.2. The van der Waals surface area contributed by atoms with Gasteiger partial charge in [-0.2, -0.15) is 4.98 Å². The predicted octanol–water partition coefficient (Wildman–Crippen LogP) is 0.973. The van der Waals surface area contributed by atoms with E-state index in [2.05, 4.69) is 20.3 Å². The Morgan fingerprint density at radius 2 is 2.06 bits per heavy atom. The minimum Gasteiger partial charge on any atom is -0.368 e. The summed E-state index contributed by atoms with van der Waals surface area (Å²) in [5, 5.41) is 2.67. The lowest BCUT2D eigenvalue weighted by Gasteiger charge is -2.19. The number of carbonyl (C=O) groups excluding carboxylic acids is 1. The van der Waals surface area contributed by atoms with E-state index in [9.17, 15) is 4.79 Å². The van der Waals surface area contributed by atoms with Crippen LogP contribution in [0.3, 0.4) is 0 Å².